The highest BCUT2D eigenvalue weighted by atomic mass is 79.9. The molecular formula is C8H7Br2N. The fourth-order valence-corrected chi connectivity index (χ4v) is 2.23. The Labute approximate surface area is 82.5 Å². The van der Waals surface area contributed by atoms with Crippen LogP contribution in [0.15, 0.2) is 22.9 Å². The largest absolute Gasteiger partial charge is 0.263 e. The molecule has 1 aromatic rings. The Morgan fingerprint density at radius 3 is 2.73 bits per heavy atom. The van der Waals surface area contributed by atoms with Crippen molar-refractivity contribution in [3.8, 4) is 0 Å². The Morgan fingerprint density at radius 2 is 2.18 bits per heavy atom. The molecular weight excluding hydrogens is 270 g/mol. The van der Waals surface area contributed by atoms with Gasteiger partial charge in [-0.3, -0.25) is 4.98 Å². The zero-order valence-corrected chi connectivity index (χ0v) is 8.97. The average Bonchev–Trinajstić information content (AvgIpc) is 2.67. The third-order valence-corrected chi connectivity index (χ3v) is 3.31. The maximum absolute atomic E-state index is 4.11. The van der Waals surface area contributed by atoms with Crippen LogP contribution in [0, 0.1) is 0 Å². The van der Waals surface area contributed by atoms with Crippen LogP contribution >= 0.6 is 31.9 Å². The molecule has 58 valence electrons. The second kappa shape index (κ2) is 2.87. The Hall–Kier alpha value is 0.110. The lowest BCUT2D eigenvalue weighted by atomic mass is 10.2. The van der Waals surface area contributed by atoms with Gasteiger partial charge in [0.05, 0.1) is 0 Å². The van der Waals surface area contributed by atoms with Gasteiger partial charge in [-0.2, -0.15) is 0 Å². The fourth-order valence-electron chi connectivity index (χ4n) is 1.14. The van der Waals surface area contributed by atoms with E-state index in [0.29, 0.717) is 10.7 Å². The molecule has 2 rings (SSSR count). The highest BCUT2D eigenvalue weighted by Gasteiger charge is 2.36. The third-order valence-electron chi connectivity index (χ3n) is 1.87. The first-order valence-electron chi connectivity index (χ1n) is 3.52. The fraction of sp³-hybridized carbons (Fsp3) is 0.375. The lowest BCUT2D eigenvalue weighted by Gasteiger charge is -1.96. The first-order chi connectivity index (χ1) is 5.27. The van der Waals surface area contributed by atoms with Crippen LogP contribution in [0.3, 0.4) is 0 Å². The van der Waals surface area contributed by atoms with E-state index in [9.17, 15) is 0 Å². The van der Waals surface area contributed by atoms with Crippen LogP contribution in [0.1, 0.15) is 17.9 Å². The molecule has 1 nitrogen and oxygen atoms in total. The average molecular weight is 277 g/mol. The zero-order valence-electron chi connectivity index (χ0n) is 5.80. The van der Waals surface area contributed by atoms with Crippen molar-refractivity contribution in [2.24, 2.45) is 0 Å². The molecule has 0 spiro atoms. The quantitative estimate of drug-likeness (QED) is 0.719. The summed E-state index contributed by atoms with van der Waals surface area (Å²) in [6.45, 7) is 0. The number of hydrogen-bond acceptors (Lipinski definition) is 1. The van der Waals surface area contributed by atoms with Gasteiger partial charge in [0.1, 0.15) is 0 Å². The molecule has 0 N–H and O–H groups in total. The van der Waals surface area contributed by atoms with Gasteiger partial charge in [-0.1, -0.05) is 15.9 Å². The van der Waals surface area contributed by atoms with Crippen molar-refractivity contribution >= 4 is 31.9 Å². The molecule has 1 aliphatic rings. The second-order valence-corrected chi connectivity index (χ2v) is 4.89. The summed E-state index contributed by atoms with van der Waals surface area (Å²) in [7, 11) is 0. The number of hydrogen-bond donors (Lipinski definition) is 0. The first-order valence-corrected chi connectivity index (χ1v) is 5.23. The number of rotatable bonds is 1. The van der Waals surface area contributed by atoms with Gasteiger partial charge < -0.3 is 0 Å². The molecule has 3 heteroatoms. The summed E-state index contributed by atoms with van der Waals surface area (Å²) < 4.78 is 1.07. The van der Waals surface area contributed by atoms with Crippen molar-refractivity contribution in [3.63, 3.8) is 0 Å². The number of aromatic nitrogens is 1. The topological polar surface area (TPSA) is 12.9 Å². The maximum Gasteiger partial charge on any atom is 0.0410 e. The van der Waals surface area contributed by atoms with Crippen molar-refractivity contribution in [1.82, 2.24) is 4.98 Å². The molecule has 11 heavy (non-hydrogen) atoms. The molecule has 0 radical (unpaired) electrons. The summed E-state index contributed by atoms with van der Waals surface area (Å²) >= 11 is 6.97. The van der Waals surface area contributed by atoms with Gasteiger partial charge in [0, 0.05) is 21.7 Å². The van der Waals surface area contributed by atoms with Crippen molar-refractivity contribution in [3.05, 3.63) is 28.5 Å². The number of pyridine rings is 1. The lowest BCUT2D eigenvalue weighted by molar-refractivity contribution is 1.09. The van der Waals surface area contributed by atoms with Crippen LogP contribution < -0.4 is 0 Å². The number of nitrogens with zero attached hydrogens (tertiary/aromatic N) is 1. The standard InChI is InChI=1S/C8H7Br2N/c9-6-1-5(3-11-4-6)7-2-8(7)10/h1,3-4,7-8H,2H2. The van der Waals surface area contributed by atoms with Crippen LogP contribution in [0.2, 0.25) is 0 Å². The predicted octanol–water partition coefficient (Wildman–Crippen LogP) is 3.09. The van der Waals surface area contributed by atoms with Crippen LogP contribution in [0.5, 0.6) is 0 Å². The summed E-state index contributed by atoms with van der Waals surface area (Å²) in [6.07, 6.45) is 5.00. The maximum atomic E-state index is 4.11. The minimum Gasteiger partial charge on any atom is -0.263 e. The van der Waals surface area contributed by atoms with Gasteiger partial charge in [0.25, 0.3) is 0 Å². The second-order valence-electron chi connectivity index (χ2n) is 2.79. The highest BCUT2D eigenvalue weighted by molar-refractivity contribution is 9.10. The molecule has 1 heterocycles. The molecule has 1 aromatic heterocycles. The summed E-state index contributed by atoms with van der Waals surface area (Å²) in [6, 6.07) is 2.14. The minimum atomic E-state index is 0.679. The Balaban J connectivity index is 2.25. The molecule has 0 bridgehead atoms. The molecule has 0 saturated heterocycles. The van der Waals surface area contributed by atoms with E-state index in [0.717, 1.165) is 4.47 Å². The van der Waals surface area contributed by atoms with Gasteiger partial charge in [-0.15, -0.1) is 0 Å². The normalized spacial score (nSPS) is 28.5. The summed E-state index contributed by atoms with van der Waals surface area (Å²) in [5.41, 5.74) is 1.33. The van der Waals surface area contributed by atoms with Crippen molar-refractivity contribution in [2.45, 2.75) is 17.2 Å². The number of halogens is 2. The molecule has 1 saturated carbocycles. The first kappa shape index (κ1) is 7.74. The van der Waals surface area contributed by atoms with Gasteiger partial charge >= 0.3 is 0 Å². The van der Waals surface area contributed by atoms with Crippen LogP contribution in [-0.4, -0.2) is 9.81 Å². The molecule has 0 aliphatic heterocycles. The van der Waals surface area contributed by atoms with E-state index in [2.05, 4.69) is 42.9 Å². The van der Waals surface area contributed by atoms with Crippen LogP contribution in [0.25, 0.3) is 0 Å². The van der Waals surface area contributed by atoms with Crippen molar-refractivity contribution in [2.75, 3.05) is 0 Å². The SMILES string of the molecule is Brc1cncc(C2CC2Br)c1. The van der Waals surface area contributed by atoms with Crippen LogP contribution in [-0.2, 0) is 0 Å². The zero-order chi connectivity index (χ0) is 7.84. The molecule has 1 aliphatic carbocycles. The molecule has 2 atom stereocenters. The van der Waals surface area contributed by atoms with Gasteiger partial charge in [-0.05, 0) is 39.9 Å². The van der Waals surface area contributed by atoms with Crippen LogP contribution in [0.4, 0.5) is 0 Å². The lowest BCUT2D eigenvalue weighted by Crippen LogP contribution is -1.83. The smallest absolute Gasteiger partial charge is 0.0410 e. The molecule has 0 amide bonds. The van der Waals surface area contributed by atoms with Crippen molar-refractivity contribution in [1.29, 1.82) is 0 Å². The Morgan fingerprint density at radius 1 is 1.45 bits per heavy atom. The third kappa shape index (κ3) is 1.64. The molecule has 1 fully saturated rings. The van der Waals surface area contributed by atoms with Crippen molar-refractivity contribution < 1.29 is 0 Å². The predicted molar refractivity (Wildman–Crippen MR) is 52.0 cm³/mol. The van der Waals surface area contributed by atoms with E-state index in [1.165, 1.54) is 12.0 Å². The van der Waals surface area contributed by atoms with E-state index in [1.54, 1.807) is 0 Å². The minimum absolute atomic E-state index is 0.679. The molecule has 2 unspecified atom stereocenters. The number of alkyl halides is 1. The van der Waals surface area contributed by atoms with Gasteiger partial charge in [0.2, 0.25) is 0 Å². The summed E-state index contributed by atoms with van der Waals surface area (Å²) in [5, 5.41) is 0. The highest BCUT2D eigenvalue weighted by Crippen LogP contribution is 2.46. The monoisotopic (exact) mass is 275 g/mol. The Bertz CT molecular complexity index is 275. The van der Waals surface area contributed by atoms with Gasteiger partial charge in [0.15, 0.2) is 0 Å². The van der Waals surface area contributed by atoms with E-state index in [1.807, 2.05) is 12.4 Å². The van der Waals surface area contributed by atoms with E-state index >= 15 is 0 Å². The molecule has 0 aromatic carbocycles. The van der Waals surface area contributed by atoms with E-state index in [4.69, 9.17) is 0 Å². The summed E-state index contributed by atoms with van der Waals surface area (Å²) in [5.74, 6) is 0.694. The Kier molecular flexibility index (Phi) is 2.02. The van der Waals surface area contributed by atoms with E-state index < -0.39 is 0 Å². The van der Waals surface area contributed by atoms with E-state index in [-0.39, 0.29) is 0 Å². The summed E-state index contributed by atoms with van der Waals surface area (Å²) in [4.78, 5) is 4.79. The van der Waals surface area contributed by atoms with Gasteiger partial charge in [-0.25, -0.2) is 0 Å².